The van der Waals surface area contributed by atoms with Crippen molar-refractivity contribution in [3.8, 4) is 17.1 Å². The van der Waals surface area contributed by atoms with Crippen molar-refractivity contribution >= 4 is 27.5 Å². The topological polar surface area (TPSA) is 63.7 Å². The Morgan fingerprint density at radius 3 is 2.82 bits per heavy atom. The molecule has 1 N–H and O–H groups in total. The van der Waals surface area contributed by atoms with Gasteiger partial charge in [-0.2, -0.15) is 5.21 Å². The number of tetrazole rings is 1. The minimum absolute atomic E-state index is 0.206. The van der Waals surface area contributed by atoms with Gasteiger partial charge in [0.15, 0.2) is 5.75 Å². The van der Waals surface area contributed by atoms with E-state index >= 15 is 0 Å². The minimum atomic E-state index is -0.307. The van der Waals surface area contributed by atoms with Crippen LogP contribution in [-0.4, -0.2) is 20.6 Å². The predicted octanol–water partition coefficient (Wildman–Crippen LogP) is 4.00. The molecule has 0 saturated carbocycles. The molecular formula is C14H9BrClFN4O. The highest BCUT2D eigenvalue weighted by Crippen LogP contribution is 2.37. The third-order valence-electron chi connectivity index (χ3n) is 2.87. The second-order valence-electron chi connectivity index (χ2n) is 4.42. The summed E-state index contributed by atoms with van der Waals surface area (Å²) < 4.78 is 19.5. The maximum Gasteiger partial charge on any atom is 0.204 e. The van der Waals surface area contributed by atoms with E-state index in [9.17, 15) is 4.39 Å². The highest BCUT2D eigenvalue weighted by Gasteiger charge is 2.13. The van der Waals surface area contributed by atoms with Crippen LogP contribution in [-0.2, 0) is 6.61 Å². The zero-order valence-corrected chi connectivity index (χ0v) is 13.4. The van der Waals surface area contributed by atoms with Crippen LogP contribution in [0, 0.1) is 5.82 Å². The van der Waals surface area contributed by atoms with Crippen molar-refractivity contribution < 1.29 is 9.13 Å². The number of hydrogen-bond acceptors (Lipinski definition) is 4. The van der Waals surface area contributed by atoms with Crippen LogP contribution < -0.4 is 4.74 Å². The smallest absolute Gasteiger partial charge is 0.204 e. The molecule has 0 aliphatic rings. The van der Waals surface area contributed by atoms with Crippen molar-refractivity contribution in [2.45, 2.75) is 6.61 Å². The molecule has 0 saturated heterocycles. The van der Waals surface area contributed by atoms with Gasteiger partial charge < -0.3 is 4.74 Å². The molecule has 1 heterocycles. The summed E-state index contributed by atoms with van der Waals surface area (Å²) in [5, 5.41) is 14.1. The van der Waals surface area contributed by atoms with Gasteiger partial charge in [0.2, 0.25) is 5.82 Å². The van der Waals surface area contributed by atoms with Gasteiger partial charge in [0.25, 0.3) is 0 Å². The maximum absolute atomic E-state index is 13.1. The van der Waals surface area contributed by atoms with E-state index in [1.807, 2.05) is 0 Å². The quantitative estimate of drug-likeness (QED) is 0.739. The van der Waals surface area contributed by atoms with E-state index in [4.69, 9.17) is 16.3 Å². The van der Waals surface area contributed by atoms with Crippen molar-refractivity contribution in [2.75, 3.05) is 0 Å². The number of H-pyrrole nitrogens is 1. The van der Waals surface area contributed by atoms with Crippen molar-refractivity contribution in [1.29, 1.82) is 0 Å². The van der Waals surface area contributed by atoms with Crippen molar-refractivity contribution in [1.82, 2.24) is 20.6 Å². The van der Waals surface area contributed by atoms with Gasteiger partial charge in [-0.05, 0) is 51.0 Å². The fourth-order valence-electron chi connectivity index (χ4n) is 1.89. The van der Waals surface area contributed by atoms with Crippen LogP contribution in [0.3, 0.4) is 0 Å². The molecule has 0 aliphatic heterocycles. The summed E-state index contributed by atoms with van der Waals surface area (Å²) in [5.74, 6) is 0.594. The van der Waals surface area contributed by atoms with Gasteiger partial charge in [-0.1, -0.05) is 23.7 Å². The molecule has 3 aromatic rings. The second kappa shape index (κ2) is 6.41. The van der Waals surface area contributed by atoms with Gasteiger partial charge in [0, 0.05) is 5.56 Å². The lowest BCUT2D eigenvalue weighted by Gasteiger charge is -2.11. The largest absolute Gasteiger partial charge is 0.486 e. The van der Waals surface area contributed by atoms with Crippen LogP contribution in [0.15, 0.2) is 40.9 Å². The number of halogens is 3. The summed E-state index contributed by atoms with van der Waals surface area (Å²) in [4.78, 5) is 0. The highest BCUT2D eigenvalue weighted by molar-refractivity contribution is 9.10. The zero-order chi connectivity index (χ0) is 15.5. The SMILES string of the molecule is Fc1cccc(COc2c(Cl)cc(-c3nn[nH]n3)cc2Br)c1. The normalized spacial score (nSPS) is 10.7. The van der Waals surface area contributed by atoms with Crippen LogP contribution >= 0.6 is 27.5 Å². The Kier molecular flexibility index (Phi) is 4.35. The lowest BCUT2D eigenvalue weighted by atomic mass is 10.2. The maximum atomic E-state index is 13.1. The summed E-state index contributed by atoms with van der Waals surface area (Å²) in [6.07, 6.45) is 0. The number of nitrogens with one attached hydrogen (secondary N) is 1. The van der Waals surface area contributed by atoms with Crippen LogP contribution in [0.25, 0.3) is 11.4 Å². The molecule has 0 unspecified atom stereocenters. The molecule has 0 amide bonds. The van der Waals surface area contributed by atoms with Gasteiger partial charge >= 0.3 is 0 Å². The molecule has 0 aliphatic carbocycles. The predicted molar refractivity (Wildman–Crippen MR) is 83.1 cm³/mol. The molecule has 0 radical (unpaired) electrons. The molecule has 112 valence electrons. The highest BCUT2D eigenvalue weighted by atomic mass is 79.9. The number of hydrogen-bond donors (Lipinski definition) is 1. The summed E-state index contributed by atoms with van der Waals surface area (Å²) in [6, 6.07) is 9.65. The molecule has 0 bridgehead atoms. The molecule has 0 fully saturated rings. The van der Waals surface area contributed by atoms with E-state index in [1.54, 1.807) is 24.3 Å². The molecule has 3 rings (SSSR count). The average molecular weight is 384 g/mol. The van der Waals surface area contributed by atoms with Crippen molar-refractivity contribution in [3.05, 3.63) is 57.3 Å². The average Bonchev–Trinajstić information content (AvgIpc) is 3.00. The standard InChI is InChI=1S/C14H9BrClFN4O/c15-11-5-9(14-18-20-21-19-14)6-12(16)13(11)22-7-8-2-1-3-10(17)4-8/h1-6H,7H2,(H,18,19,20,21). The first-order chi connectivity index (χ1) is 10.6. The van der Waals surface area contributed by atoms with Crippen molar-refractivity contribution in [2.24, 2.45) is 0 Å². The lowest BCUT2D eigenvalue weighted by molar-refractivity contribution is 0.304. The van der Waals surface area contributed by atoms with Gasteiger partial charge in [-0.25, -0.2) is 4.39 Å². The Labute approximate surface area is 138 Å². The van der Waals surface area contributed by atoms with E-state index in [1.165, 1.54) is 12.1 Å². The molecule has 1 aromatic heterocycles. The molecule has 2 aromatic carbocycles. The Hall–Kier alpha value is -1.99. The summed E-state index contributed by atoms with van der Waals surface area (Å²) >= 11 is 9.64. The number of aromatic nitrogens is 4. The number of nitrogens with zero attached hydrogens (tertiary/aromatic N) is 3. The fraction of sp³-hybridized carbons (Fsp3) is 0.0714. The Bertz CT molecular complexity index is 774. The van der Waals surface area contributed by atoms with Gasteiger partial charge in [0.1, 0.15) is 12.4 Å². The molecular weight excluding hydrogens is 375 g/mol. The Morgan fingerprint density at radius 1 is 1.27 bits per heavy atom. The van der Waals surface area contributed by atoms with Crippen LogP contribution in [0.4, 0.5) is 4.39 Å². The van der Waals surface area contributed by atoms with Gasteiger partial charge in [-0.15, -0.1) is 10.2 Å². The van der Waals surface area contributed by atoms with E-state index < -0.39 is 0 Å². The van der Waals surface area contributed by atoms with E-state index in [-0.39, 0.29) is 12.4 Å². The summed E-state index contributed by atoms with van der Waals surface area (Å²) in [7, 11) is 0. The summed E-state index contributed by atoms with van der Waals surface area (Å²) in [6.45, 7) is 0.206. The zero-order valence-electron chi connectivity index (χ0n) is 11.1. The van der Waals surface area contributed by atoms with E-state index in [2.05, 4.69) is 36.6 Å². The fourth-order valence-corrected chi connectivity index (χ4v) is 2.86. The molecule has 0 atom stereocenters. The van der Waals surface area contributed by atoms with Crippen molar-refractivity contribution in [3.63, 3.8) is 0 Å². The lowest BCUT2D eigenvalue weighted by Crippen LogP contribution is -1.98. The van der Waals surface area contributed by atoms with E-state index in [0.717, 1.165) is 0 Å². The summed E-state index contributed by atoms with van der Waals surface area (Å²) in [5.41, 5.74) is 1.41. The second-order valence-corrected chi connectivity index (χ2v) is 5.68. The first-order valence-corrected chi connectivity index (χ1v) is 7.40. The number of rotatable bonds is 4. The number of aromatic amines is 1. The van der Waals surface area contributed by atoms with Gasteiger partial charge in [-0.3, -0.25) is 0 Å². The number of ether oxygens (including phenoxy) is 1. The Balaban J connectivity index is 1.82. The molecule has 8 heteroatoms. The Morgan fingerprint density at radius 2 is 2.14 bits per heavy atom. The minimum Gasteiger partial charge on any atom is -0.486 e. The first-order valence-electron chi connectivity index (χ1n) is 6.23. The van der Waals surface area contributed by atoms with Gasteiger partial charge in [0.05, 0.1) is 9.50 Å². The first kappa shape index (κ1) is 14.9. The van der Waals surface area contributed by atoms with E-state index in [0.29, 0.717) is 32.2 Å². The monoisotopic (exact) mass is 382 g/mol. The third-order valence-corrected chi connectivity index (χ3v) is 3.74. The van der Waals surface area contributed by atoms with Crippen LogP contribution in [0.2, 0.25) is 5.02 Å². The molecule has 5 nitrogen and oxygen atoms in total. The van der Waals surface area contributed by atoms with Crippen LogP contribution in [0.1, 0.15) is 5.56 Å². The van der Waals surface area contributed by atoms with Crippen LogP contribution in [0.5, 0.6) is 5.75 Å². The molecule has 22 heavy (non-hydrogen) atoms. The molecule has 0 spiro atoms. The number of benzene rings is 2. The third kappa shape index (κ3) is 3.26.